The fraction of sp³-hybridized carbons (Fsp3) is 0.133. The van der Waals surface area contributed by atoms with Crippen LogP contribution in [0.2, 0.25) is 0 Å². The number of fused-ring (bicyclic) bond motifs is 1. The fourth-order valence-corrected chi connectivity index (χ4v) is 2.76. The van der Waals surface area contributed by atoms with Crippen LogP contribution in [0.1, 0.15) is 0 Å². The Kier molecular flexibility index (Phi) is 3.43. The summed E-state index contributed by atoms with van der Waals surface area (Å²) in [5.41, 5.74) is 0.915. The molecule has 0 fully saturated rings. The number of nitrogens with zero attached hydrogens (tertiary/aromatic N) is 1. The monoisotopic (exact) mass is 286 g/mol. The molecule has 0 saturated carbocycles. The van der Waals surface area contributed by atoms with E-state index < -0.39 is 0 Å². The Morgan fingerprint density at radius 3 is 2.60 bits per heavy atom. The van der Waals surface area contributed by atoms with Gasteiger partial charge in [0.25, 0.3) is 0 Å². The van der Waals surface area contributed by atoms with E-state index in [2.05, 4.69) is 21.8 Å². The number of anilines is 2. The first-order valence-electron chi connectivity index (χ1n) is 6.15. The minimum Gasteiger partial charge on any atom is -0.493 e. The summed E-state index contributed by atoms with van der Waals surface area (Å²) in [6.07, 6.45) is 0. The summed E-state index contributed by atoms with van der Waals surface area (Å²) in [4.78, 5) is 0. The maximum atomic E-state index is 5.30. The second-order valence-electron chi connectivity index (χ2n) is 4.22. The summed E-state index contributed by atoms with van der Waals surface area (Å²) in [7, 11) is 3.25. The second-order valence-corrected chi connectivity index (χ2v) is 5.03. The molecule has 0 aliphatic carbocycles. The van der Waals surface area contributed by atoms with Crippen LogP contribution in [0.4, 0.5) is 11.5 Å². The topological polar surface area (TPSA) is 43.4 Å². The van der Waals surface area contributed by atoms with Crippen LogP contribution in [0.5, 0.6) is 11.5 Å². The minimum absolute atomic E-state index is 0.692. The van der Waals surface area contributed by atoms with Crippen LogP contribution in [-0.4, -0.2) is 18.6 Å². The number of ether oxygens (including phenoxy) is 2. The molecule has 0 spiro atoms. The molecule has 0 atom stereocenters. The third-order valence-corrected chi connectivity index (χ3v) is 3.85. The zero-order chi connectivity index (χ0) is 13.9. The molecule has 0 unspecified atom stereocenters. The van der Waals surface area contributed by atoms with Gasteiger partial charge in [0, 0.05) is 17.1 Å². The predicted octanol–water partition coefficient (Wildman–Crippen LogP) is 4.06. The first kappa shape index (κ1) is 12.7. The largest absolute Gasteiger partial charge is 0.493 e. The van der Waals surface area contributed by atoms with Gasteiger partial charge in [-0.2, -0.15) is 4.37 Å². The van der Waals surface area contributed by atoms with Crippen LogP contribution in [0.25, 0.3) is 10.1 Å². The molecule has 0 amide bonds. The van der Waals surface area contributed by atoms with Gasteiger partial charge >= 0.3 is 0 Å². The number of benzene rings is 2. The highest BCUT2D eigenvalue weighted by Gasteiger charge is 2.08. The molecule has 3 rings (SSSR count). The third kappa shape index (κ3) is 2.28. The first-order valence-corrected chi connectivity index (χ1v) is 6.92. The number of nitrogens with one attached hydrogen (secondary N) is 1. The molecule has 3 aromatic rings. The number of methoxy groups -OCH3 is 2. The molecule has 1 heterocycles. The smallest absolute Gasteiger partial charge is 0.162 e. The van der Waals surface area contributed by atoms with Crippen LogP contribution in [0.15, 0.2) is 42.5 Å². The Labute approximate surface area is 121 Å². The molecule has 1 N–H and O–H groups in total. The third-order valence-electron chi connectivity index (χ3n) is 3.02. The van der Waals surface area contributed by atoms with Crippen molar-refractivity contribution in [3.05, 3.63) is 42.5 Å². The van der Waals surface area contributed by atoms with Crippen molar-refractivity contribution >= 4 is 33.1 Å². The van der Waals surface area contributed by atoms with Gasteiger partial charge in [0.1, 0.15) is 0 Å². The van der Waals surface area contributed by atoms with Gasteiger partial charge in [-0.1, -0.05) is 12.1 Å². The summed E-state index contributed by atoms with van der Waals surface area (Å²) >= 11 is 1.48. The number of aromatic nitrogens is 1. The standard InChI is InChI=1S/C15H14N2O2S/c1-18-12-8-7-10(9-13(12)19-2)16-15-11-5-3-4-6-14(11)20-17-15/h3-9H,1-2H3,(H,16,17). The van der Waals surface area contributed by atoms with E-state index in [1.54, 1.807) is 14.2 Å². The van der Waals surface area contributed by atoms with Gasteiger partial charge < -0.3 is 14.8 Å². The second kappa shape index (κ2) is 5.38. The number of rotatable bonds is 4. The van der Waals surface area contributed by atoms with E-state index in [0.29, 0.717) is 11.5 Å². The lowest BCUT2D eigenvalue weighted by atomic mass is 10.2. The van der Waals surface area contributed by atoms with E-state index in [4.69, 9.17) is 9.47 Å². The van der Waals surface area contributed by atoms with Crippen molar-refractivity contribution in [1.29, 1.82) is 0 Å². The predicted molar refractivity (Wildman–Crippen MR) is 82.4 cm³/mol. The summed E-state index contributed by atoms with van der Waals surface area (Å²) in [5.74, 6) is 2.26. The van der Waals surface area contributed by atoms with Gasteiger partial charge in [-0.05, 0) is 35.8 Å². The van der Waals surface area contributed by atoms with Crippen LogP contribution in [-0.2, 0) is 0 Å². The summed E-state index contributed by atoms with van der Waals surface area (Å²) in [5, 5.41) is 4.43. The molecule has 0 saturated heterocycles. The van der Waals surface area contributed by atoms with E-state index in [1.807, 2.05) is 30.3 Å². The summed E-state index contributed by atoms with van der Waals surface area (Å²) < 4.78 is 16.1. The van der Waals surface area contributed by atoms with Gasteiger partial charge in [-0.25, -0.2) is 0 Å². The number of hydrogen-bond acceptors (Lipinski definition) is 5. The highest BCUT2D eigenvalue weighted by atomic mass is 32.1. The molecule has 0 bridgehead atoms. The maximum absolute atomic E-state index is 5.30. The van der Waals surface area contributed by atoms with E-state index in [0.717, 1.165) is 21.6 Å². The Bertz CT molecular complexity index is 740. The van der Waals surface area contributed by atoms with Gasteiger partial charge in [-0.15, -0.1) is 0 Å². The van der Waals surface area contributed by atoms with E-state index in [1.165, 1.54) is 11.5 Å². The van der Waals surface area contributed by atoms with Crippen molar-refractivity contribution < 1.29 is 9.47 Å². The highest BCUT2D eigenvalue weighted by Crippen LogP contribution is 2.33. The fourth-order valence-electron chi connectivity index (χ4n) is 2.03. The van der Waals surface area contributed by atoms with Gasteiger partial charge in [0.05, 0.1) is 18.9 Å². The molecule has 20 heavy (non-hydrogen) atoms. The van der Waals surface area contributed by atoms with Gasteiger partial charge in [-0.3, -0.25) is 0 Å². The average molecular weight is 286 g/mol. The number of hydrogen-bond donors (Lipinski definition) is 1. The van der Waals surface area contributed by atoms with Gasteiger partial charge in [0.15, 0.2) is 17.3 Å². The molecule has 4 nitrogen and oxygen atoms in total. The molecular formula is C15H14N2O2S. The molecular weight excluding hydrogens is 272 g/mol. The van der Waals surface area contributed by atoms with Crippen molar-refractivity contribution in [2.24, 2.45) is 0 Å². The lowest BCUT2D eigenvalue weighted by Crippen LogP contribution is -1.94. The molecule has 1 aromatic heterocycles. The normalized spacial score (nSPS) is 10.5. The quantitative estimate of drug-likeness (QED) is 0.785. The average Bonchev–Trinajstić information content (AvgIpc) is 2.90. The first-order chi connectivity index (χ1) is 9.81. The van der Waals surface area contributed by atoms with E-state index in [9.17, 15) is 0 Å². The maximum Gasteiger partial charge on any atom is 0.162 e. The van der Waals surface area contributed by atoms with Crippen molar-refractivity contribution in [2.45, 2.75) is 0 Å². The summed E-state index contributed by atoms with van der Waals surface area (Å²) in [6.45, 7) is 0. The molecule has 2 aromatic carbocycles. The van der Waals surface area contributed by atoms with Crippen molar-refractivity contribution in [3.8, 4) is 11.5 Å². The van der Waals surface area contributed by atoms with Crippen LogP contribution >= 0.6 is 11.5 Å². The van der Waals surface area contributed by atoms with Gasteiger partial charge in [0.2, 0.25) is 0 Å². The molecule has 102 valence electrons. The molecule has 0 radical (unpaired) electrons. The zero-order valence-electron chi connectivity index (χ0n) is 11.2. The molecule has 0 aliphatic heterocycles. The van der Waals surface area contributed by atoms with Crippen LogP contribution < -0.4 is 14.8 Å². The highest BCUT2D eigenvalue weighted by molar-refractivity contribution is 7.13. The van der Waals surface area contributed by atoms with Crippen LogP contribution in [0, 0.1) is 0 Å². The Morgan fingerprint density at radius 1 is 1.00 bits per heavy atom. The molecule has 0 aliphatic rings. The van der Waals surface area contributed by atoms with Crippen molar-refractivity contribution in [1.82, 2.24) is 4.37 Å². The SMILES string of the molecule is COc1ccc(Nc2nsc3ccccc23)cc1OC. The zero-order valence-corrected chi connectivity index (χ0v) is 12.0. The lowest BCUT2D eigenvalue weighted by Gasteiger charge is -2.10. The Morgan fingerprint density at radius 2 is 1.80 bits per heavy atom. The molecule has 5 heteroatoms. The Hall–Kier alpha value is -2.27. The van der Waals surface area contributed by atoms with Crippen LogP contribution in [0.3, 0.4) is 0 Å². The lowest BCUT2D eigenvalue weighted by molar-refractivity contribution is 0.355. The minimum atomic E-state index is 0.692. The summed E-state index contributed by atoms with van der Waals surface area (Å²) in [6, 6.07) is 13.9. The van der Waals surface area contributed by atoms with E-state index >= 15 is 0 Å². The van der Waals surface area contributed by atoms with Crippen molar-refractivity contribution in [2.75, 3.05) is 19.5 Å². The Balaban J connectivity index is 1.95. The van der Waals surface area contributed by atoms with Crippen molar-refractivity contribution in [3.63, 3.8) is 0 Å². The van der Waals surface area contributed by atoms with E-state index in [-0.39, 0.29) is 0 Å².